The SMILES string of the molecule is O=Cc1cc(Cn2cc(Br)cn2)on1. The lowest BCUT2D eigenvalue weighted by molar-refractivity contribution is 0.111. The van der Waals surface area contributed by atoms with Gasteiger partial charge in [0, 0.05) is 12.3 Å². The fraction of sp³-hybridized carbons (Fsp3) is 0.125. The van der Waals surface area contributed by atoms with Crippen LogP contribution >= 0.6 is 15.9 Å². The first-order valence-corrected chi connectivity index (χ1v) is 4.66. The van der Waals surface area contributed by atoms with Gasteiger partial charge in [0.15, 0.2) is 12.0 Å². The van der Waals surface area contributed by atoms with E-state index in [4.69, 9.17) is 4.52 Å². The van der Waals surface area contributed by atoms with Crippen LogP contribution < -0.4 is 0 Å². The predicted octanol–water partition coefficient (Wildman–Crippen LogP) is 1.49. The first-order chi connectivity index (χ1) is 6.78. The number of aromatic nitrogens is 3. The summed E-state index contributed by atoms with van der Waals surface area (Å²) in [5, 5.41) is 7.58. The van der Waals surface area contributed by atoms with Gasteiger partial charge >= 0.3 is 0 Å². The molecule has 0 bridgehead atoms. The maximum atomic E-state index is 10.3. The van der Waals surface area contributed by atoms with Crippen LogP contribution in [0, 0.1) is 0 Å². The Hall–Kier alpha value is -1.43. The van der Waals surface area contributed by atoms with Gasteiger partial charge in [-0.25, -0.2) is 0 Å². The van der Waals surface area contributed by atoms with Crippen LogP contribution in [0.15, 0.2) is 27.5 Å². The molecule has 0 aliphatic rings. The summed E-state index contributed by atoms with van der Waals surface area (Å²) in [4.78, 5) is 10.3. The number of carbonyl (C=O) groups excluding carboxylic acids is 1. The third kappa shape index (κ3) is 1.90. The van der Waals surface area contributed by atoms with Gasteiger partial charge in [-0.3, -0.25) is 9.48 Å². The molecule has 0 aromatic carbocycles. The minimum atomic E-state index is 0.297. The summed E-state index contributed by atoms with van der Waals surface area (Å²) in [6.45, 7) is 0.465. The van der Waals surface area contributed by atoms with Crippen molar-refractivity contribution in [3.05, 3.63) is 34.4 Å². The van der Waals surface area contributed by atoms with Gasteiger partial charge in [-0.2, -0.15) is 5.10 Å². The molecule has 6 heteroatoms. The summed E-state index contributed by atoms with van der Waals surface area (Å²) in [6, 6.07) is 1.59. The molecule has 0 amide bonds. The molecule has 0 spiro atoms. The zero-order chi connectivity index (χ0) is 9.97. The van der Waals surface area contributed by atoms with E-state index >= 15 is 0 Å². The maximum Gasteiger partial charge on any atom is 0.171 e. The first kappa shape index (κ1) is 9.14. The number of carbonyl (C=O) groups is 1. The Kier molecular flexibility index (Phi) is 2.45. The van der Waals surface area contributed by atoms with E-state index in [0.29, 0.717) is 24.3 Å². The molecule has 2 heterocycles. The summed E-state index contributed by atoms with van der Waals surface area (Å²) in [6.07, 6.45) is 4.13. The molecule has 5 nitrogen and oxygen atoms in total. The molecule has 0 saturated carbocycles. The maximum absolute atomic E-state index is 10.3. The van der Waals surface area contributed by atoms with Gasteiger partial charge in [0.05, 0.1) is 10.7 Å². The number of nitrogens with zero attached hydrogens (tertiary/aromatic N) is 3. The summed E-state index contributed by atoms with van der Waals surface area (Å²) in [5.74, 6) is 0.600. The Morgan fingerprint density at radius 1 is 1.64 bits per heavy atom. The van der Waals surface area contributed by atoms with Crippen molar-refractivity contribution < 1.29 is 9.32 Å². The summed E-state index contributed by atoms with van der Waals surface area (Å²) >= 11 is 3.28. The van der Waals surface area contributed by atoms with Crippen LogP contribution in [-0.2, 0) is 6.54 Å². The molecule has 2 aromatic rings. The van der Waals surface area contributed by atoms with Gasteiger partial charge in [-0.1, -0.05) is 5.16 Å². The monoisotopic (exact) mass is 255 g/mol. The Morgan fingerprint density at radius 3 is 3.07 bits per heavy atom. The smallest absolute Gasteiger partial charge is 0.171 e. The Labute approximate surface area is 87.8 Å². The van der Waals surface area contributed by atoms with Crippen molar-refractivity contribution in [2.75, 3.05) is 0 Å². The van der Waals surface area contributed by atoms with Crippen LogP contribution in [0.1, 0.15) is 16.2 Å². The number of halogens is 1. The topological polar surface area (TPSA) is 60.9 Å². The Bertz CT molecular complexity index is 449. The molecular weight excluding hydrogens is 250 g/mol. The Morgan fingerprint density at radius 2 is 2.50 bits per heavy atom. The van der Waals surface area contributed by atoms with Crippen LogP contribution in [-0.4, -0.2) is 21.2 Å². The van der Waals surface area contributed by atoms with Crippen molar-refractivity contribution in [2.45, 2.75) is 6.54 Å². The summed E-state index contributed by atoms with van der Waals surface area (Å²) < 4.78 is 7.49. The van der Waals surface area contributed by atoms with E-state index in [1.54, 1.807) is 16.9 Å². The molecule has 0 N–H and O–H groups in total. The van der Waals surface area contributed by atoms with Gasteiger partial charge in [0.25, 0.3) is 0 Å². The van der Waals surface area contributed by atoms with Crippen molar-refractivity contribution in [3.63, 3.8) is 0 Å². The van der Waals surface area contributed by atoms with Gasteiger partial charge in [0.2, 0.25) is 0 Å². The van der Waals surface area contributed by atoms with Crippen molar-refractivity contribution in [1.29, 1.82) is 0 Å². The quantitative estimate of drug-likeness (QED) is 0.780. The third-order valence-electron chi connectivity index (χ3n) is 1.62. The van der Waals surface area contributed by atoms with E-state index in [1.807, 2.05) is 6.20 Å². The van der Waals surface area contributed by atoms with Gasteiger partial charge in [0.1, 0.15) is 12.2 Å². The molecular formula is C8H6BrN3O2. The molecule has 0 unspecified atom stereocenters. The number of hydrogen-bond donors (Lipinski definition) is 0. The largest absolute Gasteiger partial charge is 0.359 e. The number of rotatable bonds is 3. The molecule has 0 saturated heterocycles. The minimum absolute atomic E-state index is 0.297. The lowest BCUT2D eigenvalue weighted by Gasteiger charge is -1.93. The highest BCUT2D eigenvalue weighted by atomic mass is 79.9. The van der Waals surface area contributed by atoms with Crippen LogP contribution in [0.25, 0.3) is 0 Å². The molecule has 14 heavy (non-hydrogen) atoms. The third-order valence-corrected chi connectivity index (χ3v) is 2.03. The van der Waals surface area contributed by atoms with Gasteiger partial charge < -0.3 is 4.52 Å². The molecule has 2 aromatic heterocycles. The highest BCUT2D eigenvalue weighted by Gasteiger charge is 2.04. The number of aldehydes is 1. The lowest BCUT2D eigenvalue weighted by Crippen LogP contribution is -1.98. The van der Waals surface area contributed by atoms with E-state index in [-0.39, 0.29) is 0 Å². The highest BCUT2D eigenvalue weighted by molar-refractivity contribution is 9.10. The standard InChI is InChI=1S/C8H6BrN3O2/c9-6-2-10-12(3-6)4-8-1-7(5-13)11-14-8/h1-3,5H,4H2. The molecule has 2 rings (SSSR count). The van der Waals surface area contributed by atoms with Crippen molar-refractivity contribution >= 4 is 22.2 Å². The van der Waals surface area contributed by atoms with Crippen molar-refractivity contribution in [1.82, 2.24) is 14.9 Å². The van der Waals surface area contributed by atoms with Gasteiger partial charge in [-0.05, 0) is 15.9 Å². The fourth-order valence-corrected chi connectivity index (χ4v) is 1.37. The minimum Gasteiger partial charge on any atom is -0.359 e. The molecule has 0 aliphatic carbocycles. The second-order valence-corrected chi connectivity index (χ2v) is 3.61. The van der Waals surface area contributed by atoms with Crippen LogP contribution in [0.3, 0.4) is 0 Å². The lowest BCUT2D eigenvalue weighted by atomic mass is 10.4. The second kappa shape index (κ2) is 3.75. The molecule has 0 fully saturated rings. The fourth-order valence-electron chi connectivity index (χ4n) is 1.04. The molecule has 0 radical (unpaired) electrons. The van der Waals surface area contributed by atoms with Crippen LogP contribution in [0.2, 0.25) is 0 Å². The summed E-state index contributed by atoms with van der Waals surface area (Å²) in [5.41, 5.74) is 0.297. The van der Waals surface area contributed by atoms with E-state index < -0.39 is 0 Å². The molecule has 72 valence electrons. The average Bonchev–Trinajstić information content (AvgIpc) is 2.76. The van der Waals surface area contributed by atoms with E-state index in [0.717, 1.165) is 4.47 Å². The van der Waals surface area contributed by atoms with Crippen molar-refractivity contribution in [3.8, 4) is 0 Å². The molecule has 0 aliphatic heterocycles. The summed E-state index contributed by atoms with van der Waals surface area (Å²) in [7, 11) is 0. The average molecular weight is 256 g/mol. The first-order valence-electron chi connectivity index (χ1n) is 3.86. The van der Waals surface area contributed by atoms with Crippen LogP contribution in [0.5, 0.6) is 0 Å². The van der Waals surface area contributed by atoms with E-state index in [2.05, 4.69) is 26.2 Å². The molecule has 0 atom stereocenters. The van der Waals surface area contributed by atoms with Gasteiger partial charge in [-0.15, -0.1) is 0 Å². The van der Waals surface area contributed by atoms with Crippen molar-refractivity contribution in [2.24, 2.45) is 0 Å². The van der Waals surface area contributed by atoms with Crippen LogP contribution in [0.4, 0.5) is 0 Å². The van der Waals surface area contributed by atoms with E-state index in [9.17, 15) is 4.79 Å². The zero-order valence-electron chi connectivity index (χ0n) is 7.05. The van der Waals surface area contributed by atoms with E-state index in [1.165, 1.54) is 0 Å². The number of hydrogen-bond acceptors (Lipinski definition) is 4. The normalized spacial score (nSPS) is 10.4. The zero-order valence-corrected chi connectivity index (χ0v) is 8.64. The predicted molar refractivity (Wildman–Crippen MR) is 50.9 cm³/mol. The highest BCUT2D eigenvalue weighted by Crippen LogP contribution is 2.09. The Balaban J connectivity index is 2.14. The second-order valence-electron chi connectivity index (χ2n) is 2.69.